The number of rotatable bonds is 5. The van der Waals surface area contributed by atoms with Crippen molar-refractivity contribution in [1.29, 1.82) is 0 Å². The molecule has 1 aromatic rings. The molecule has 1 rings (SSSR count). The maximum Gasteiger partial charge on any atom is 0.133 e. The molecule has 84 valence electrons. The predicted octanol–water partition coefficient (Wildman–Crippen LogP) is 3.93. The fourth-order valence-electron chi connectivity index (χ4n) is 1.11. The molecule has 0 saturated carbocycles. The number of benzene rings is 1. The van der Waals surface area contributed by atoms with E-state index in [0.29, 0.717) is 18.0 Å². The molecule has 0 aliphatic carbocycles. The summed E-state index contributed by atoms with van der Waals surface area (Å²) < 4.78 is 11.5. The van der Waals surface area contributed by atoms with Crippen LogP contribution in [0.5, 0.6) is 5.75 Å². The zero-order valence-electron chi connectivity index (χ0n) is 8.80. The lowest BCUT2D eigenvalue weighted by Crippen LogP contribution is -2.04. The Morgan fingerprint density at radius 3 is 2.67 bits per heavy atom. The summed E-state index contributed by atoms with van der Waals surface area (Å²) in [6.45, 7) is 3.25. The summed E-state index contributed by atoms with van der Waals surface area (Å²) in [5.41, 5.74) is 1.20. The van der Waals surface area contributed by atoms with Crippen LogP contribution in [-0.4, -0.2) is 20.3 Å². The molecular formula is C11H14Br2O2. The van der Waals surface area contributed by atoms with Gasteiger partial charge >= 0.3 is 0 Å². The Bertz CT molecular complexity index is 313. The number of hydrogen-bond acceptors (Lipinski definition) is 2. The van der Waals surface area contributed by atoms with Crippen LogP contribution in [0.1, 0.15) is 17.3 Å². The lowest BCUT2D eigenvalue weighted by Gasteiger charge is -2.10. The minimum absolute atomic E-state index is 0.329. The lowest BCUT2D eigenvalue weighted by atomic mass is 10.2. The smallest absolute Gasteiger partial charge is 0.133 e. The predicted molar refractivity (Wildman–Crippen MR) is 68.9 cm³/mol. The summed E-state index contributed by atoms with van der Waals surface area (Å²) in [7, 11) is 1.66. The van der Waals surface area contributed by atoms with Crippen molar-refractivity contribution in [2.24, 2.45) is 0 Å². The first-order valence-corrected chi connectivity index (χ1v) is 6.41. The second kappa shape index (κ2) is 6.51. The van der Waals surface area contributed by atoms with E-state index in [1.165, 1.54) is 5.56 Å². The molecule has 0 saturated heterocycles. The van der Waals surface area contributed by atoms with Crippen LogP contribution < -0.4 is 4.74 Å². The first kappa shape index (κ1) is 13.0. The third-order valence-electron chi connectivity index (χ3n) is 1.96. The average Bonchev–Trinajstić information content (AvgIpc) is 2.20. The molecule has 0 heterocycles. The molecule has 15 heavy (non-hydrogen) atoms. The summed E-state index contributed by atoms with van der Waals surface area (Å²) in [5, 5.41) is 0. The van der Waals surface area contributed by atoms with E-state index >= 15 is 0 Å². The molecule has 0 bridgehead atoms. The van der Waals surface area contributed by atoms with E-state index in [2.05, 4.69) is 44.8 Å². The molecule has 0 aliphatic rings. The van der Waals surface area contributed by atoms with E-state index in [9.17, 15) is 0 Å². The highest BCUT2D eigenvalue weighted by Gasteiger charge is 2.06. The summed E-state index contributed by atoms with van der Waals surface area (Å²) in [6, 6.07) is 6.08. The van der Waals surface area contributed by atoms with Gasteiger partial charge in [-0.15, -0.1) is 0 Å². The minimum Gasteiger partial charge on any atom is -0.490 e. The second-order valence-electron chi connectivity index (χ2n) is 3.15. The van der Waals surface area contributed by atoms with Gasteiger partial charge in [-0.25, -0.2) is 0 Å². The van der Waals surface area contributed by atoms with Gasteiger partial charge in [0.05, 0.1) is 11.1 Å². The molecule has 0 N–H and O–H groups in total. The Hall–Kier alpha value is -0.0600. The zero-order valence-corrected chi connectivity index (χ0v) is 12.0. The summed E-state index contributed by atoms with van der Waals surface area (Å²) in [6.07, 6.45) is 0. The van der Waals surface area contributed by atoms with Crippen LogP contribution in [-0.2, 0) is 4.74 Å². The molecule has 4 heteroatoms. The number of alkyl halides is 1. The van der Waals surface area contributed by atoms with E-state index in [4.69, 9.17) is 9.47 Å². The van der Waals surface area contributed by atoms with Gasteiger partial charge < -0.3 is 9.47 Å². The van der Waals surface area contributed by atoms with Crippen LogP contribution >= 0.6 is 31.9 Å². The van der Waals surface area contributed by atoms with Gasteiger partial charge in [-0.1, -0.05) is 22.0 Å². The van der Waals surface area contributed by atoms with Crippen molar-refractivity contribution in [3.63, 3.8) is 0 Å². The van der Waals surface area contributed by atoms with Crippen LogP contribution in [0.4, 0.5) is 0 Å². The Morgan fingerprint density at radius 1 is 1.33 bits per heavy atom. The molecule has 0 aliphatic heterocycles. The average molecular weight is 338 g/mol. The first-order valence-electron chi connectivity index (χ1n) is 4.70. The van der Waals surface area contributed by atoms with Gasteiger partial charge in [0.2, 0.25) is 0 Å². The minimum atomic E-state index is 0.329. The number of hydrogen-bond donors (Lipinski definition) is 0. The molecule has 0 amide bonds. The molecule has 1 atom stereocenters. The van der Waals surface area contributed by atoms with Gasteiger partial charge in [0.1, 0.15) is 12.4 Å². The van der Waals surface area contributed by atoms with Crippen LogP contribution in [0.15, 0.2) is 22.7 Å². The Labute approximate surface area is 107 Å². The van der Waals surface area contributed by atoms with Gasteiger partial charge in [-0.3, -0.25) is 0 Å². The van der Waals surface area contributed by atoms with Crippen LogP contribution in [0, 0.1) is 0 Å². The normalized spacial score (nSPS) is 12.5. The SMILES string of the molecule is COCCOc1cc(C(C)Br)ccc1Br. The molecule has 2 nitrogen and oxygen atoms in total. The number of ether oxygens (including phenoxy) is 2. The van der Waals surface area contributed by atoms with Crippen molar-refractivity contribution in [2.45, 2.75) is 11.8 Å². The zero-order chi connectivity index (χ0) is 11.3. The van der Waals surface area contributed by atoms with Gasteiger partial charge in [0.25, 0.3) is 0 Å². The molecule has 0 spiro atoms. The quantitative estimate of drug-likeness (QED) is 0.598. The maximum atomic E-state index is 5.58. The van der Waals surface area contributed by atoms with Gasteiger partial charge in [-0.05, 0) is 40.5 Å². The van der Waals surface area contributed by atoms with Crippen LogP contribution in [0.3, 0.4) is 0 Å². The highest BCUT2D eigenvalue weighted by atomic mass is 79.9. The van der Waals surface area contributed by atoms with Crippen molar-refractivity contribution in [3.05, 3.63) is 28.2 Å². The topological polar surface area (TPSA) is 18.5 Å². The van der Waals surface area contributed by atoms with Crippen LogP contribution in [0.2, 0.25) is 0 Å². The van der Waals surface area contributed by atoms with Crippen molar-refractivity contribution in [2.75, 3.05) is 20.3 Å². The Balaban J connectivity index is 2.72. The number of halogens is 2. The van der Waals surface area contributed by atoms with E-state index in [0.717, 1.165) is 10.2 Å². The summed E-state index contributed by atoms with van der Waals surface area (Å²) in [4.78, 5) is 0.329. The maximum absolute atomic E-state index is 5.58. The molecule has 1 aromatic carbocycles. The van der Waals surface area contributed by atoms with Gasteiger partial charge in [0, 0.05) is 11.9 Å². The fraction of sp³-hybridized carbons (Fsp3) is 0.455. The molecular weight excluding hydrogens is 324 g/mol. The van der Waals surface area contributed by atoms with Crippen molar-refractivity contribution in [1.82, 2.24) is 0 Å². The molecule has 0 aromatic heterocycles. The van der Waals surface area contributed by atoms with E-state index < -0.39 is 0 Å². The van der Waals surface area contributed by atoms with E-state index in [1.807, 2.05) is 12.1 Å². The van der Waals surface area contributed by atoms with Gasteiger partial charge in [-0.2, -0.15) is 0 Å². The molecule has 1 unspecified atom stereocenters. The molecule has 0 fully saturated rings. The van der Waals surface area contributed by atoms with Crippen molar-refractivity contribution >= 4 is 31.9 Å². The third-order valence-corrected chi connectivity index (χ3v) is 3.14. The Morgan fingerprint density at radius 2 is 2.07 bits per heavy atom. The van der Waals surface area contributed by atoms with E-state index in [1.54, 1.807) is 7.11 Å². The van der Waals surface area contributed by atoms with Crippen molar-refractivity contribution in [3.8, 4) is 5.75 Å². The second-order valence-corrected chi connectivity index (χ2v) is 5.37. The molecule has 0 radical (unpaired) electrons. The monoisotopic (exact) mass is 336 g/mol. The summed E-state index contributed by atoms with van der Waals surface area (Å²) >= 11 is 6.98. The van der Waals surface area contributed by atoms with Crippen LogP contribution in [0.25, 0.3) is 0 Å². The highest BCUT2D eigenvalue weighted by Crippen LogP contribution is 2.31. The third kappa shape index (κ3) is 4.13. The number of methoxy groups -OCH3 is 1. The first-order chi connectivity index (χ1) is 7.15. The van der Waals surface area contributed by atoms with E-state index in [-0.39, 0.29) is 0 Å². The Kier molecular flexibility index (Phi) is 5.64. The summed E-state index contributed by atoms with van der Waals surface area (Å²) in [5.74, 6) is 0.857. The lowest BCUT2D eigenvalue weighted by molar-refractivity contribution is 0.146. The highest BCUT2D eigenvalue weighted by molar-refractivity contribution is 9.10. The van der Waals surface area contributed by atoms with Crippen molar-refractivity contribution < 1.29 is 9.47 Å². The largest absolute Gasteiger partial charge is 0.490 e. The fourth-order valence-corrected chi connectivity index (χ4v) is 1.76. The standard InChI is InChI=1S/C11H14Br2O2/c1-8(12)9-3-4-10(13)11(7-9)15-6-5-14-2/h3-4,7-8H,5-6H2,1-2H3. The van der Waals surface area contributed by atoms with Gasteiger partial charge in [0.15, 0.2) is 0 Å².